The monoisotopic (exact) mass is 677 g/mol. The first-order valence-electron chi connectivity index (χ1n) is 15.5. The largest absolute Gasteiger partial charge is 0.507 e. The van der Waals surface area contributed by atoms with E-state index in [1.54, 1.807) is 60.7 Å². The maximum absolute atomic E-state index is 14.2. The number of aliphatic hydroxyl groups excluding tert-OH is 1. The molecule has 1 aliphatic heterocycles. The second-order valence-corrected chi connectivity index (χ2v) is 12.7. The zero-order chi connectivity index (χ0) is 33.3. The van der Waals surface area contributed by atoms with Crippen LogP contribution in [-0.4, -0.2) is 46.8 Å². The number of rotatable bonds is 15. The van der Waals surface area contributed by atoms with Crippen molar-refractivity contribution in [1.82, 2.24) is 10.2 Å². The topological polar surface area (TPSA) is 111 Å². The predicted molar refractivity (Wildman–Crippen MR) is 181 cm³/mol. The summed E-state index contributed by atoms with van der Waals surface area (Å²) in [6.45, 7) is 7.19. The van der Waals surface area contributed by atoms with E-state index in [0.717, 1.165) is 30.6 Å². The number of nitrogens with zero attached hydrogens (tertiary/aromatic N) is 3. The second-order valence-electron chi connectivity index (χ2n) is 10.6. The lowest BCUT2D eigenvalue weighted by molar-refractivity contribution is -0.132. The maximum atomic E-state index is 14.2. The van der Waals surface area contributed by atoms with E-state index in [-0.39, 0.29) is 22.3 Å². The smallest absolute Gasteiger partial charge is 0.301 e. The van der Waals surface area contributed by atoms with Crippen molar-refractivity contribution in [3.8, 4) is 17.2 Å². The number of aromatic nitrogens is 2. The Morgan fingerprint density at radius 3 is 2.43 bits per heavy atom. The molecule has 12 heteroatoms. The van der Waals surface area contributed by atoms with Crippen molar-refractivity contribution in [2.24, 2.45) is 0 Å². The Balaban J connectivity index is 1.55. The van der Waals surface area contributed by atoms with E-state index in [1.165, 1.54) is 22.7 Å². The summed E-state index contributed by atoms with van der Waals surface area (Å²) in [5, 5.41) is 20.2. The molecule has 1 aliphatic rings. The van der Waals surface area contributed by atoms with Crippen LogP contribution >= 0.6 is 23.1 Å². The van der Waals surface area contributed by atoms with E-state index in [9.17, 15) is 19.1 Å². The number of unbranched alkanes of at least 4 members (excludes halogenated alkanes) is 2. The van der Waals surface area contributed by atoms with Gasteiger partial charge >= 0.3 is 5.91 Å². The van der Waals surface area contributed by atoms with E-state index in [4.69, 9.17) is 14.2 Å². The fourth-order valence-electron chi connectivity index (χ4n) is 5.11. The molecule has 0 aliphatic carbocycles. The van der Waals surface area contributed by atoms with Gasteiger partial charge in [0.05, 0.1) is 31.4 Å². The lowest BCUT2D eigenvalue weighted by Crippen LogP contribution is -2.29. The summed E-state index contributed by atoms with van der Waals surface area (Å²) in [7, 11) is 0. The highest BCUT2D eigenvalue weighted by Crippen LogP contribution is 2.46. The fraction of sp³-hybridized carbons (Fsp3) is 0.314. The van der Waals surface area contributed by atoms with Gasteiger partial charge in [-0.3, -0.25) is 14.5 Å². The van der Waals surface area contributed by atoms with Gasteiger partial charge < -0.3 is 19.3 Å². The van der Waals surface area contributed by atoms with Crippen LogP contribution in [0.3, 0.4) is 0 Å². The first-order valence-corrected chi connectivity index (χ1v) is 17.3. The average molecular weight is 678 g/mol. The van der Waals surface area contributed by atoms with E-state index >= 15 is 0 Å². The van der Waals surface area contributed by atoms with Gasteiger partial charge in [-0.25, -0.2) is 4.39 Å². The van der Waals surface area contributed by atoms with Crippen LogP contribution in [0.25, 0.3) is 5.76 Å². The van der Waals surface area contributed by atoms with Crippen LogP contribution in [0.15, 0.2) is 76.6 Å². The molecule has 4 aromatic rings. The van der Waals surface area contributed by atoms with Gasteiger partial charge in [0.15, 0.2) is 15.8 Å². The minimum absolute atomic E-state index is 0.103. The summed E-state index contributed by atoms with van der Waals surface area (Å²) in [4.78, 5) is 28.7. The molecule has 0 bridgehead atoms. The summed E-state index contributed by atoms with van der Waals surface area (Å²) in [6, 6.07) is 17.3. The molecular formula is C35H36FN3O6S2. The van der Waals surface area contributed by atoms with Crippen LogP contribution in [0.5, 0.6) is 17.2 Å². The molecule has 47 heavy (non-hydrogen) atoms. The first kappa shape index (κ1) is 33.9. The molecule has 1 unspecified atom stereocenters. The van der Waals surface area contributed by atoms with Crippen molar-refractivity contribution in [3.05, 3.63) is 94.8 Å². The third-order valence-electron chi connectivity index (χ3n) is 7.38. The van der Waals surface area contributed by atoms with Crippen molar-refractivity contribution in [1.29, 1.82) is 0 Å². The molecular weight excluding hydrogens is 642 g/mol. The van der Waals surface area contributed by atoms with Crippen LogP contribution in [0, 0.1) is 5.82 Å². The van der Waals surface area contributed by atoms with E-state index in [0.29, 0.717) is 63.9 Å². The summed E-state index contributed by atoms with van der Waals surface area (Å²) in [5.41, 5.74) is 1.26. The molecule has 1 saturated heterocycles. The lowest BCUT2D eigenvalue weighted by Gasteiger charge is -2.23. The van der Waals surface area contributed by atoms with E-state index < -0.39 is 17.7 Å². The molecule has 0 radical (unpaired) electrons. The summed E-state index contributed by atoms with van der Waals surface area (Å²) < 4.78 is 32.2. The van der Waals surface area contributed by atoms with Crippen molar-refractivity contribution >= 4 is 45.7 Å². The highest BCUT2D eigenvalue weighted by atomic mass is 32.2. The zero-order valence-corrected chi connectivity index (χ0v) is 28.0. The number of ether oxygens (including phenoxy) is 3. The van der Waals surface area contributed by atoms with Crippen molar-refractivity contribution in [2.45, 2.75) is 56.2 Å². The number of thioether (sulfide) groups is 1. The summed E-state index contributed by atoms with van der Waals surface area (Å²) >= 11 is 2.37. The Kier molecular flexibility index (Phi) is 11.5. The fourth-order valence-corrected chi connectivity index (χ4v) is 6.96. The van der Waals surface area contributed by atoms with Crippen LogP contribution < -0.4 is 19.1 Å². The van der Waals surface area contributed by atoms with Gasteiger partial charge in [-0.2, -0.15) is 0 Å². The van der Waals surface area contributed by atoms with Crippen LogP contribution in [-0.2, 0) is 15.3 Å². The van der Waals surface area contributed by atoms with Crippen molar-refractivity contribution < 1.29 is 33.3 Å². The number of halogens is 1. The SMILES string of the molecule is CCCCCOc1ccc(C2/C(=C(\O)c3ccc(OCC)cc3)C(=O)C(=O)N2c2nnc(SCc3ccccc3F)s2)cc1OCC. The predicted octanol–water partition coefficient (Wildman–Crippen LogP) is 7.96. The van der Waals surface area contributed by atoms with Gasteiger partial charge in [-0.05, 0) is 73.9 Å². The molecule has 1 atom stereocenters. The molecule has 2 heterocycles. The molecule has 3 aromatic carbocycles. The van der Waals surface area contributed by atoms with Gasteiger partial charge in [-0.15, -0.1) is 10.2 Å². The molecule has 1 fully saturated rings. The highest BCUT2D eigenvalue weighted by molar-refractivity contribution is 8.00. The number of aliphatic hydroxyl groups is 1. The van der Waals surface area contributed by atoms with Gasteiger partial charge in [-0.1, -0.05) is 67.1 Å². The van der Waals surface area contributed by atoms with Crippen LogP contribution in [0.4, 0.5) is 9.52 Å². The molecule has 0 saturated carbocycles. The Bertz CT molecular complexity index is 1740. The number of anilines is 1. The zero-order valence-electron chi connectivity index (χ0n) is 26.4. The first-order chi connectivity index (χ1) is 22.9. The third kappa shape index (κ3) is 7.77. The number of hydrogen-bond acceptors (Lipinski definition) is 10. The molecule has 9 nitrogen and oxygen atoms in total. The van der Waals surface area contributed by atoms with Crippen molar-refractivity contribution in [2.75, 3.05) is 24.7 Å². The number of Topliss-reactive ketones (excluding diaryl/α,β-unsaturated/α-hetero) is 1. The third-order valence-corrected chi connectivity index (χ3v) is 9.49. The highest BCUT2D eigenvalue weighted by Gasteiger charge is 2.48. The van der Waals surface area contributed by atoms with Gasteiger partial charge in [0.25, 0.3) is 5.78 Å². The molecule has 0 spiro atoms. The van der Waals surface area contributed by atoms with Gasteiger partial charge in [0.2, 0.25) is 5.13 Å². The second kappa shape index (κ2) is 15.9. The Labute approximate surface area is 281 Å². The van der Waals surface area contributed by atoms with E-state index in [1.807, 2.05) is 13.8 Å². The van der Waals surface area contributed by atoms with Crippen LogP contribution in [0.2, 0.25) is 0 Å². The minimum atomic E-state index is -1.05. The Hall–Kier alpha value is -4.42. The number of amides is 1. The molecule has 1 amide bonds. The Morgan fingerprint density at radius 2 is 1.70 bits per heavy atom. The van der Waals surface area contributed by atoms with Gasteiger partial charge in [0, 0.05) is 11.3 Å². The number of carbonyl (C=O) groups is 2. The van der Waals surface area contributed by atoms with E-state index in [2.05, 4.69) is 17.1 Å². The number of benzene rings is 3. The quantitative estimate of drug-likeness (QED) is 0.0335. The number of carbonyl (C=O) groups excluding carboxylic acids is 2. The standard InChI is InChI=1S/C35H36FN3O6S2/c1-4-7-10-19-45-27-18-15-23(20-28(27)44-6-3)30-29(31(40)22-13-16-25(17-14-22)43-5-2)32(41)33(42)39(30)34-37-38-35(47-34)46-21-24-11-8-9-12-26(24)36/h8-9,11-18,20,30,40H,4-7,10,19,21H2,1-3H3/b31-29+. The normalized spacial score (nSPS) is 15.7. The van der Waals surface area contributed by atoms with Crippen molar-refractivity contribution in [3.63, 3.8) is 0 Å². The minimum Gasteiger partial charge on any atom is -0.507 e. The average Bonchev–Trinajstić information content (AvgIpc) is 3.65. The van der Waals surface area contributed by atoms with Crippen LogP contribution in [0.1, 0.15) is 62.8 Å². The van der Waals surface area contributed by atoms with Gasteiger partial charge in [0.1, 0.15) is 17.3 Å². The Morgan fingerprint density at radius 1 is 0.936 bits per heavy atom. The number of hydrogen-bond donors (Lipinski definition) is 1. The maximum Gasteiger partial charge on any atom is 0.301 e. The molecule has 1 aromatic heterocycles. The number of ketones is 1. The molecule has 246 valence electrons. The molecule has 5 rings (SSSR count). The summed E-state index contributed by atoms with van der Waals surface area (Å²) in [6.07, 6.45) is 2.98. The molecule has 1 N–H and O–H groups in total. The summed E-state index contributed by atoms with van der Waals surface area (Å²) in [5.74, 6) is -0.491. The lowest BCUT2D eigenvalue weighted by atomic mass is 9.95.